The minimum Gasteiger partial charge on any atom is -0.311 e. The summed E-state index contributed by atoms with van der Waals surface area (Å²) in [5.74, 6) is 0.429. The number of nitrogens with one attached hydrogen (secondary N) is 1. The summed E-state index contributed by atoms with van der Waals surface area (Å²) in [6, 6.07) is 17.1. The molecule has 2 aromatic heterocycles. The molecule has 4 aromatic rings. The molecule has 0 aliphatic rings. The van der Waals surface area contributed by atoms with Crippen LogP contribution in [-0.4, -0.2) is 20.7 Å². The van der Waals surface area contributed by atoms with Crippen LogP contribution in [0.4, 0.5) is 5.82 Å². The largest absolute Gasteiger partial charge is 0.311 e. The summed E-state index contributed by atoms with van der Waals surface area (Å²) in [5.41, 5.74) is 2.60. The monoisotopic (exact) mass is 442 g/mol. The first-order chi connectivity index (χ1) is 14.1. The highest BCUT2D eigenvalue weighted by atomic mass is 35.5. The number of benzene rings is 2. The predicted octanol–water partition coefficient (Wildman–Crippen LogP) is 5.54. The smallest absolute Gasteiger partial charge is 0.231 e. The number of anilines is 1. The average molecular weight is 443 g/mol. The molecule has 2 heterocycles. The molecule has 8 heteroatoms. The second-order valence-electron chi connectivity index (χ2n) is 6.32. The Morgan fingerprint density at radius 1 is 1.07 bits per heavy atom. The minimum atomic E-state index is -0.158. The van der Waals surface area contributed by atoms with Crippen LogP contribution >= 0.6 is 34.5 Å². The van der Waals surface area contributed by atoms with Gasteiger partial charge in [0.2, 0.25) is 5.91 Å². The van der Waals surface area contributed by atoms with Gasteiger partial charge in [0.25, 0.3) is 0 Å². The molecule has 1 N–H and O–H groups in total. The van der Waals surface area contributed by atoms with E-state index in [1.165, 1.54) is 11.3 Å². The van der Waals surface area contributed by atoms with Crippen LogP contribution < -0.4 is 5.32 Å². The van der Waals surface area contributed by atoms with Crippen LogP contribution in [0.15, 0.2) is 66.2 Å². The van der Waals surface area contributed by atoms with Crippen molar-refractivity contribution in [1.29, 1.82) is 0 Å². The standard InChI is InChI=1S/C21H16Cl2N4OS/c22-17-8-4-7-15(20(17)23)12-27-18(9-10-24-27)26-19(28)11-16-13-29-21(25-16)14-5-2-1-3-6-14/h1-10,13H,11-12H2,(H,26,28). The maximum Gasteiger partial charge on any atom is 0.231 e. The van der Waals surface area contributed by atoms with Crippen molar-refractivity contribution in [2.45, 2.75) is 13.0 Å². The highest BCUT2D eigenvalue weighted by Gasteiger charge is 2.13. The molecule has 0 unspecified atom stereocenters. The fourth-order valence-corrected chi connectivity index (χ4v) is 4.06. The second-order valence-corrected chi connectivity index (χ2v) is 7.97. The van der Waals surface area contributed by atoms with Crippen LogP contribution in [0.1, 0.15) is 11.3 Å². The number of nitrogens with zero attached hydrogens (tertiary/aromatic N) is 3. The molecule has 2 aromatic carbocycles. The lowest BCUT2D eigenvalue weighted by Gasteiger charge is -2.10. The van der Waals surface area contributed by atoms with E-state index in [1.54, 1.807) is 23.0 Å². The van der Waals surface area contributed by atoms with Gasteiger partial charge < -0.3 is 5.32 Å². The average Bonchev–Trinajstić information content (AvgIpc) is 3.36. The van der Waals surface area contributed by atoms with E-state index >= 15 is 0 Å². The van der Waals surface area contributed by atoms with Gasteiger partial charge in [-0.3, -0.25) is 4.79 Å². The minimum absolute atomic E-state index is 0.158. The third kappa shape index (κ3) is 4.67. The van der Waals surface area contributed by atoms with E-state index in [4.69, 9.17) is 23.2 Å². The van der Waals surface area contributed by atoms with Crippen LogP contribution in [0.3, 0.4) is 0 Å². The number of thiazole rings is 1. The lowest BCUT2D eigenvalue weighted by Crippen LogP contribution is -2.18. The van der Waals surface area contributed by atoms with Crippen molar-refractivity contribution in [3.63, 3.8) is 0 Å². The summed E-state index contributed by atoms with van der Waals surface area (Å²) in [7, 11) is 0. The molecule has 0 saturated carbocycles. The zero-order valence-electron chi connectivity index (χ0n) is 15.2. The molecule has 0 bridgehead atoms. The second kappa shape index (κ2) is 8.78. The van der Waals surface area contributed by atoms with Gasteiger partial charge in [0.05, 0.1) is 34.9 Å². The Labute approximate surface area is 181 Å². The first-order valence-electron chi connectivity index (χ1n) is 8.84. The summed E-state index contributed by atoms with van der Waals surface area (Å²) < 4.78 is 1.67. The van der Waals surface area contributed by atoms with Crippen LogP contribution in [0.5, 0.6) is 0 Å². The van der Waals surface area contributed by atoms with Gasteiger partial charge in [0, 0.05) is 17.0 Å². The van der Waals surface area contributed by atoms with Gasteiger partial charge in [-0.15, -0.1) is 11.3 Å². The zero-order chi connectivity index (χ0) is 20.2. The number of amides is 1. The highest BCUT2D eigenvalue weighted by molar-refractivity contribution is 7.13. The van der Waals surface area contributed by atoms with Crippen LogP contribution in [-0.2, 0) is 17.8 Å². The number of hydrogen-bond donors (Lipinski definition) is 1. The quantitative estimate of drug-likeness (QED) is 0.426. The molecule has 4 rings (SSSR count). The fraction of sp³-hybridized carbons (Fsp3) is 0.0952. The van der Waals surface area contributed by atoms with Gasteiger partial charge in [0.1, 0.15) is 10.8 Å². The fourth-order valence-electron chi connectivity index (χ4n) is 2.85. The van der Waals surface area contributed by atoms with E-state index in [9.17, 15) is 4.79 Å². The number of carbonyl (C=O) groups is 1. The number of aromatic nitrogens is 3. The van der Waals surface area contributed by atoms with Crippen molar-refractivity contribution in [2.75, 3.05) is 5.32 Å². The summed E-state index contributed by atoms with van der Waals surface area (Å²) in [4.78, 5) is 17.1. The summed E-state index contributed by atoms with van der Waals surface area (Å²) >= 11 is 13.9. The molecule has 0 spiro atoms. The molecule has 0 radical (unpaired) electrons. The van der Waals surface area contributed by atoms with Gasteiger partial charge in [-0.1, -0.05) is 65.7 Å². The van der Waals surface area contributed by atoms with Crippen molar-refractivity contribution in [3.8, 4) is 10.6 Å². The van der Waals surface area contributed by atoms with E-state index in [0.29, 0.717) is 22.4 Å². The molecule has 0 saturated heterocycles. The number of carbonyl (C=O) groups excluding carboxylic acids is 1. The van der Waals surface area contributed by atoms with E-state index in [2.05, 4.69) is 15.4 Å². The molecule has 5 nitrogen and oxygen atoms in total. The number of hydrogen-bond acceptors (Lipinski definition) is 4. The van der Waals surface area contributed by atoms with Gasteiger partial charge in [0.15, 0.2) is 0 Å². The molecule has 29 heavy (non-hydrogen) atoms. The molecule has 1 amide bonds. The van der Waals surface area contributed by atoms with Crippen molar-refractivity contribution in [2.24, 2.45) is 0 Å². The molecule has 0 aliphatic carbocycles. The Hall–Kier alpha value is -2.67. The van der Waals surface area contributed by atoms with Crippen molar-refractivity contribution in [3.05, 3.63) is 87.5 Å². The zero-order valence-corrected chi connectivity index (χ0v) is 17.5. The Balaban J connectivity index is 1.43. The normalized spacial score (nSPS) is 10.8. The molecular weight excluding hydrogens is 427 g/mol. The van der Waals surface area contributed by atoms with Gasteiger partial charge in [-0.2, -0.15) is 5.10 Å². The Morgan fingerprint density at radius 2 is 1.90 bits per heavy atom. The van der Waals surface area contributed by atoms with Crippen molar-refractivity contribution < 1.29 is 4.79 Å². The maximum atomic E-state index is 12.5. The summed E-state index contributed by atoms with van der Waals surface area (Å²) in [5, 5.41) is 10.9. The first-order valence-corrected chi connectivity index (χ1v) is 10.5. The van der Waals surface area contributed by atoms with E-state index in [-0.39, 0.29) is 12.3 Å². The SMILES string of the molecule is O=C(Cc1csc(-c2ccccc2)n1)Nc1ccnn1Cc1cccc(Cl)c1Cl. The van der Waals surface area contributed by atoms with E-state index in [1.807, 2.05) is 47.8 Å². The van der Waals surface area contributed by atoms with E-state index in [0.717, 1.165) is 21.8 Å². The van der Waals surface area contributed by atoms with Crippen LogP contribution in [0.2, 0.25) is 10.0 Å². The van der Waals surface area contributed by atoms with Crippen LogP contribution in [0, 0.1) is 0 Å². The first kappa shape index (κ1) is 19.6. The van der Waals surface area contributed by atoms with E-state index < -0.39 is 0 Å². The van der Waals surface area contributed by atoms with Gasteiger partial charge in [-0.25, -0.2) is 9.67 Å². The van der Waals surface area contributed by atoms with Crippen molar-refractivity contribution in [1.82, 2.24) is 14.8 Å². The molecule has 0 fully saturated rings. The Morgan fingerprint density at radius 3 is 2.72 bits per heavy atom. The van der Waals surface area contributed by atoms with Gasteiger partial charge in [-0.05, 0) is 11.6 Å². The number of halogens is 2. The lowest BCUT2D eigenvalue weighted by molar-refractivity contribution is -0.115. The predicted molar refractivity (Wildman–Crippen MR) is 118 cm³/mol. The third-order valence-electron chi connectivity index (χ3n) is 4.25. The Bertz CT molecular complexity index is 1140. The van der Waals surface area contributed by atoms with Crippen LogP contribution in [0.25, 0.3) is 10.6 Å². The molecule has 146 valence electrons. The van der Waals surface area contributed by atoms with Gasteiger partial charge >= 0.3 is 0 Å². The molecular formula is C21H16Cl2N4OS. The maximum absolute atomic E-state index is 12.5. The third-order valence-corrected chi connectivity index (χ3v) is 6.05. The highest BCUT2D eigenvalue weighted by Crippen LogP contribution is 2.27. The topological polar surface area (TPSA) is 59.8 Å². The van der Waals surface area contributed by atoms with Crippen molar-refractivity contribution >= 4 is 46.3 Å². The lowest BCUT2D eigenvalue weighted by atomic mass is 10.2. The summed E-state index contributed by atoms with van der Waals surface area (Å²) in [6.45, 7) is 0.400. The Kier molecular flexibility index (Phi) is 5.94. The summed E-state index contributed by atoms with van der Waals surface area (Å²) in [6.07, 6.45) is 1.82. The molecule has 0 aliphatic heterocycles. The molecule has 0 atom stereocenters. The number of rotatable bonds is 6.